The van der Waals surface area contributed by atoms with Crippen molar-refractivity contribution in [1.82, 2.24) is 4.98 Å². The van der Waals surface area contributed by atoms with E-state index in [4.69, 9.17) is 5.73 Å². The molecule has 1 aromatic heterocycles. The van der Waals surface area contributed by atoms with Gasteiger partial charge in [0.15, 0.2) is 0 Å². The van der Waals surface area contributed by atoms with Gasteiger partial charge in [0.2, 0.25) is 5.91 Å². The molecule has 1 atom stereocenters. The smallest absolute Gasteiger partial charge is 0.227 e. The van der Waals surface area contributed by atoms with Gasteiger partial charge in [-0.25, -0.2) is 4.98 Å². The van der Waals surface area contributed by atoms with Crippen LogP contribution in [0.25, 0.3) is 0 Å². The van der Waals surface area contributed by atoms with Gasteiger partial charge in [-0.2, -0.15) is 0 Å². The van der Waals surface area contributed by atoms with Crippen LogP contribution in [0.4, 0.5) is 11.5 Å². The van der Waals surface area contributed by atoms with Gasteiger partial charge in [-0.15, -0.1) is 0 Å². The first-order valence-corrected chi connectivity index (χ1v) is 7.86. The molecule has 1 aliphatic rings. The van der Waals surface area contributed by atoms with Gasteiger partial charge in [0.1, 0.15) is 5.82 Å². The summed E-state index contributed by atoms with van der Waals surface area (Å²) in [4.78, 5) is 16.5. The molecule has 116 valence electrons. The van der Waals surface area contributed by atoms with Gasteiger partial charge in [0, 0.05) is 36.5 Å². The zero-order chi connectivity index (χ0) is 15.2. The predicted molar refractivity (Wildman–Crippen MR) is 86.1 cm³/mol. The van der Waals surface area contributed by atoms with Crippen LogP contribution in [0.1, 0.15) is 39.5 Å². The van der Waals surface area contributed by atoms with Gasteiger partial charge in [-0.05, 0) is 51.5 Å². The number of pyridine rings is 1. The van der Waals surface area contributed by atoms with Crippen molar-refractivity contribution in [2.24, 2.45) is 17.6 Å². The maximum atomic E-state index is 12.3. The highest BCUT2D eigenvalue weighted by Gasteiger charge is 2.27. The van der Waals surface area contributed by atoms with Crippen molar-refractivity contribution in [1.29, 1.82) is 0 Å². The number of rotatable bonds is 5. The van der Waals surface area contributed by atoms with Crippen LogP contribution < -0.4 is 16.4 Å². The second-order valence-electron chi connectivity index (χ2n) is 5.92. The number of hydrogen-bond donors (Lipinski definition) is 3. The molecule has 0 radical (unpaired) electrons. The number of nitrogens with zero attached hydrogens (tertiary/aromatic N) is 1. The van der Waals surface area contributed by atoms with E-state index >= 15 is 0 Å². The second kappa shape index (κ2) is 7.41. The summed E-state index contributed by atoms with van der Waals surface area (Å²) in [5, 5.41) is 6.15. The van der Waals surface area contributed by atoms with Crippen LogP contribution >= 0.6 is 0 Å². The van der Waals surface area contributed by atoms with E-state index < -0.39 is 0 Å². The molecule has 1 aromatic rings. The molecule has 1 heterocycles. The molecule has 1 saturated carbocycles. The Balaban J connectivity index is 1.89. The molecule has 0 spiro atoms. The fraction of sp³-hybridized carbons (Fsp3) is 0.625. The third-order valence-corrected chi connectivity index (χ3v) is 4.27. The lowest BCUT2D eigenvalue weighted by Gasteiger charge is -2.29. The lowest BCUT2D eigenvalue weighted by atomic mass is 9.79. The van der Waals surface area contributed by atoms with Gasteiger partial charge in [-0.3, -0.25) is 4.79 Å². The molecule has 0 bridgehead atoms. The summed E-state index contributed by atoms with van der Waals surface area (Å²) in [5.74, 6) is 1.58. The maximum Gasteiger partial charge on any atom is 0.227 e. The summed E-state index contributed by atoms with van der Waals surface area (Å²) in [6.45, 7) is 4.89. The number of nitrogens with one attached hydrogen (secondary N) is 2. The number of anilines is 2. The second-order valence-corrected chi connectivity index (χ2v) is 5.92. The third-order valence-electron chi connectivity index (χ3n) is 4.27. The number of amides is 1. The Morgan fingerprint density at radius 1 is 1.43 bits per heavy atom. The maximum absolute atomic E-state index is 12.3. The molecule has 0 saturated heterocycles. The summed E-state index contributed by atoms with van der Waals surface area (Å²) in [6.07, 6.45) is 5.68. The molecule has 1 unspecified atom stereocenters. The Hall–Kier alpha value is -1.62. The van der Waals surface area contributed by atoms with E-state index in [0.29, 0.717) is 5.92 Å². The molecule has 21 heavy (non-hydrogen) atoms. The minimum absolute atomic E-state index is 0.107. The molecule has 2 rings (SSSR count). The predicted octanol–water partition coefficient (Wildman–Crippen LogP) is 2.61. The van der Waals surface area contributed by atoms with E-state index in [-0.39, 0.29) is 17.9 Å². The summed E-state index contributed by atoms with van der Waals surface area (Å²) in [5.41, 5.74) is 6.75. The highest BCUT2D eigenvalue weighted by atomic mass is 16.1. The SMILES string of the molecule is CCNc1cc(NC(=O)C2CCC(C(C)N)CC2)ccn1. The fourth-order valence-electron chi connectivity index (χ4n) is 2.94. The van der Waals surface area contributed by atoms with Gasteiger partial charge >= 0.3 is 0 Å². The molecule has 1 fully saturated rings. The van der Waals surface area contributed by atoms with Crippen LogP contribution in [0.3, 0.4) is 0 Å². The normalized spacial score (nSPS) is 23.4. The van der Waals surface area contributed by atoms with Crippen LogP contribution in [0, 0.1) is 11.8 Å². The topological polar surface area (TPSA) is 80.0 Å². The number of carbonyl (C=O) groups excluding carboxylic acids is 1. The van der Waals surface area contributed by atoms with Gasteiger partial charge in [-0.1, -0.05) is 0 Å². The molecule has 4 N–H and O–H groups in total. The first-order chi connectivity index (χ1) is 10.1. The van der Waals surface area contributed by atoms with Crippen LogP contribution in [-0.2, 0) is 4.79 Å². The number of carbonyl (C=O) groups is 1. The molecule has 1 amide bonds. The van der Waals surface area contributed by atoms with Crippen molar-refractivity contribution in [2.45, 2.75) is 45.6 Å². The number of nitrogens with two attached hydrogens (primary N) is 1. The Bertz CT molecular complexity index is 467. The monoisotopic (exact) mass is 290 g/mol. The minimum atomic E-state index is 0.107. The lowest BCUT2D eigenvalue weighted by molar-refractivity contribution is -0.121. The molecule has 5 nitrogen and oxygen atoms in total. The quantitative estimate of drug-likeness (QED) is 0.778. The largest absolute Gasteiger partial charge is 0.370 e. The minimum Gasteiger partial charge on any atom is -0.370 e. The van der Waals surface area contributed by atoms with E-state index in [0.717, 1.165) is 43.7 Å². The molecule has 0 aliphatic heterocycles. The van der Waals surface area contributed by atoms with Crippen molar-refractivity contribution in [3.8, 4) is 0 Å². The first-order valence-electron chi connectivity index (χ1n) is 7.86. The number of hydrogen-bond acceptors (Lipinski definition) is 4. The standard InChI is InChI=1S/C16H26N4O/c1-3-18-15-10-14(8-9-19-15)20-16(21)13-6-4-12(5-7-13)11(2)17/h8-13H,3-7,17H2,1-2H3,(H2,18,19,20,21). The van der Waals surface area contributed by atoms with Crippen LogP contribution in [-0.4, -0.2) is 23.5 Å². The van der Waals surface area contributed by atoms with E-state index in [1.807, 2.05) is 19.1 Å². The zero-order valence-electron chi connectivity index (χ0n) is 12.9. The zero-order valence-corrected chi connectivity index (χ0v) is 12.9. The number of aromatic nitrogens is 1. The summed E-state index contributed by atoms with van der Waals surface area (Å²) < 4.78 is 0. The van der Waals surface area contributed by atoms with E-state index in [1.54, 1.807) is 6.20 Å². The molecular formula is C16H26N4O. The van der Waals surface area contributed by atoms with Crippen LogP contribution in [0.2, 0.25) is 0 Å². The van der Waals surface area contributed by atoms with Crippen molar-refractivity contribution >= 4 is 17.4 Å². The lowest BCUT2D eigenvalue weighted by Crippen LogP contribution is -2.33. The van der Waals surface area contributed by atoms with Crippen LogP contribution in [0.5, 0.6) is 0 Å². The summed E-state index contributed by atoms with van der Waals surface area (Å²) in [7, 11) is 0. The van der Waals surface area contributed by atoms with Crippen LogP contribution in [0.15, 0.2) is 18.3 Å². The van der Waals surface area contributed by atoms with Gasteiger partial charge in [0.25, 0.3) is 0 Å². The van der Waals surface area contributed by atoms with E-state index in [2.05, 4.69) is 22.5 Å². The van der Waals surface area contributed by atoms with Crippen molar-refractivity contribution in [3.63, 3.8) is 0 Å². The van der Waals surface area contributed by atoms with Gasteiger partial charge in [0.05, 0.1) is 0 Å². The van der Waals surface area contributed by atoms with E-state index in [9.17, 15) is 4.79 Å². The van der Waals surface area contributed by atoms with Gasteiger partial charge < -0.3 is 16.4 Å². The Morgan fingerprint density at radius 3 is 2.76 bits per heavy atom. The Kier molecular flexibility index (Phi) is 5.56. The average Bonchev–Trinajstić information content (AvgIpc) is 2.48. The summed E-state index contributed by atoms with van der Waals surface area (Å²) >= 11 is 0. The van der Waals surface area contributed by atoms with Crippen molar-refractivity contribution in [3.05, 3.63) is 18.3 Å². The first kappa shape index (κ1) is 15.8. The molecule has 0 aromatic carbocycles. The van der Waals surface area contributed by atoms with Crippen molar-refractivity contribution in [2.75, 3.05) is 17.2 Å². The van der Waals surface area contributed by atoms with Crippen molar-refractivity contribution < 1.29 is 4.79 Å². The third kappa shape index (κ3) is 4.43. The van der Waals surface area contributed by atoms with E-state index in [1.165, 1.54) is 0 Å². The average molecular weight is 290 g/mol. The highest BCUT2D eigenvalue weighted by molar-refractivity contribution is 5.92. The highest BCUT2D eigenvalue weighted by Crippen LogP contribution is 2.31. The summed E-state index contributed by atoms with van der Waals surface area (Å²) in [6, 6.07) is 3.93. The molecular weight excluding hydrogens is 264 g/mol. The Labute approximate surface area is 126 Å². The molecule has 5 heteroatoms. The molecule has 1 aliphatic carbocycles. The fourth-order valence-corrected chi connectivity index (χ4v) is 2.94. The Morgan fingerprint density at radius 2 is 2.14 bits per heavy atom.